The Morgan fingerprint density at radius 3 is 1.68 bits per heavy atom. The van der Waals surface area contributed by atoms with Gasteiger partial charge in [-0.2, -0.15) is 0 Å². The van der Waals surface area contributed by atoms with Gasteiger partial charge in [0.2, 0.25) is 0 Å². The van der Waals surface area contributed by atoms with E-state index in [4.69, 9.17) is 0 Å². The Labute approximate surface area is 135 Å². The number of hydrogen-bond acceptors (Lipinski definition) is 0. The first kappa shape index (κ1) is 16.5. The van der Waals surface area contributed by atoms with Gasteiger partial charge in [-0.3, -0.25) is 0 Å². The molecule has 0 aliphatic heterocycles. The second-order valence-electron chi connectivity index (χ2n) is 6.05. The summed E-state index contributed by atoms with van der Waals surface area (Å²) in [6, 6.07) is 21.6. The van der Waals surface area contributed by atoms with Gasteiger partial charge in [-0.25, -0.2) is 0 Å². The molecule has 0 atom stereocenters. The molecule has 0 N–H and O–H groups in total. The summed E-state index contributed by atoms with van der Waals surface area (Å²) in [4.78, 5) is 0. The Kier molecular flexibility index (Phi) is 6.96. The van der Waals surface area contributed by atoms with Crippen molar-refractivity contribution in [1.82, 2.24) is 0 Å². The molecule has 0 nitrogen and oxygen atoms in total. The third kappa shape index (κ3) is 4.87. The second kappa shape index (κ2) is 9.25. The summed E-state index contributed by atoms with van der Waals surface area (Å²) >= 11 is 0. The molecule has 0 aliphatic carbocycles. The van der Waals surface area contributed by atoms with Crippen LogP contribution < -0.4 is 0 Å². The molecule has 0 aliphatic rings. The van der Waals surface area contributed by atoms with Crippen molar-refractivity contribution in [3.63, 3.8) is 0 Å². The topological polar surface area (TPSA) is 0 Å². The fourth-order valence-electron chi connectivity index (χ4n) is 2.99. The van der Waals surface area contributed by atoms with Crippen LogP contribution >= 0.6 is 0 Å². The van der Waals surface area contributed by atoms with Crippen LogP contribution in [-0.4, -0.2) is 0 Å². The highest BCUT2D eigenvalue weighted by Crippen LogP contribution is 2.29. The van der Waals surface area contributed by atoms with Crippen molar-refractivity contribution in [3.05, 3.63) is 77.4 Å². The molecule has 0 bridgehead atoms. The standard InChI is InChI=1S/C22H28/c1-3-4-5-6-9-14-19(2)22(20-15-10-7-11-16-20)21-17-12-8-13-18-21/h7-8,10-13,15-18H,3-6,9,14H2,1-2H3. The first-order valence-corrected chi connectivity index (χ1v) is 8.63. The van der Waals surface area contributed by atoms with Gasteiger partial charge in [-0.1, -0.05) is 98.8 Å². The van der Waals surface area contributed by atoms with Crippen molar-refractivity contribution >= 4 is 5.57 Å². The molecule has 2 rings (SSSR count). The summed E-state index contributed by atoms with van der Waals surface area (Å²) in [6.45, 7) is 4.57. The first-order chi connectivity index (χ1) is 10.8. The van der Waals surface area contributed by atoms with Crippen LogP contribution in [0, 0.1) is 0 Å². The number of benzene rings is 2. The lowest BCUT2D eigenvalue weighted by Crippen LogP contribution is -1.93. The number of hydrogen-bond donors (Lipinski definition) is 0. The minimum Gasteiger partial charge on any atom is -0.0654 e. The van der Waals surface area contributed by atoms with E-state index in [1.807, 2.05) is 0 Å². The Morgan fingerprint density at radius 2 is 1.18 bits per heavy atom. The summed E-state index contributed by atoms with van der Waals surface area (Å²) in [5.41, 5.74) is 5.59. The predicted octanol–water partition coefficient (Wildman–Crippen LogP) is 6.87. The molecule has 0 unspecified atom stereocenters. The molecule has 2 aromatic carbocycles. The molecular formula is C22H28. The van der Waals surface area contributed by atoms with E-state index in [1.165, 1.54) is 60.8 Å². The summed E-state index contributed by atoms with van der Waals surface area (Å²) in [7, 11) is 0. The number of unbranched alkanes of at least 4 members (excludes halogenated alkanes) is 4. The van der Waals surface area contributed by atoms with Crippen LogP contribution in [0.25, 0.3) is 5.57 Å². The quantitative estimate of drug-likeness (QED) is 0.466. The Bertz CT molecular complexity index is 522. The number of rotatable bonds is 8. The molecule has 0 amide bonds. The zero-order valence-electron chi connectivity index (χ0n) is 14.0. The third-order valence-corrected chi connectivity index (χ3v) is 4.21. The van der Waals surface area contributed by atoms with Crippen molar-refractivity contribution in [2.24, 2.45) is 0 Å². The van der Waals surface area contributed by atoms with Gasteiger partial charge in [0.25, 0.3) is 0 Å². The van der Waals surface area contributed by atoms with E-state index in [0.29, 0.717) is 0 Å². The fraction of sp³-hybridized carbons (Fsp3) is 0.364. The van der Waals surface area contributed by atoms with Gasteiger partial charge in [0.05, 0.1) is 0 Å². The van der Waals surface area contributed by atoms with Gasteiger partial charge in [0.1, 0.15) is 0 Å². The lowest BCUT2D eigenvalue weighted by atomic mass is 9.91. The Morgan fingerprint density at radius 1 is 0.682 bits per heavy atom. The SMILES string of the molecule is CCCCCCCC(C)=C(c1ccccc1)c1ccccc1. The normalized spacial score (nSPS) is 10.5. The van der Waals surface area contributed by atoms with Gasteiger partial charge in [0.15, 0.2) is 0 Å². The monoisotopic (exact) mass is 292 g/mol. The van der Waals surface area contributed by atoms with Gasteiger partial charge in [-0.05, 0) is 36.5 Å². The van der Waals surface area contributed by atoms with Crippen LogP contribution in [0.2, 0.25) is 0 Å². The average molecular weight is 292 g/mol. The van der Waals surface area contributed by atoms with Gasteiger partial charge in [0, 0.05) is 0 Å². The van der Waals surface area contributed by atoms with Crippen LogP contribution in [0.1, 0.15) is 63.5 Å². The second-order valence-corrected chi connectivity index (χ2v) is 6.05. The molecular weight excluding hydrogens is 264 g/mol. The van der Waals surface area contributed by atoms with Gasteiger partial charge < -0.3 is 0 Å². The smallest absolute Gasteiger partial charge is 0.0122 e. The van der Waals surface area contributed by atoms with E-state index in [2.05, 4.69) is 74.5 Å². The molecule has 0 fully saturated rings. The third-order valence-electron chi connectivity index (χ3n) is 4.21. The van der Waals surface area contributed by atoms with Crippen molar-refractivity contribution in [1.29, 1.82) is 0 Å². The fourth-order valence-corrected chi connectivity index (χ4v) is 2.99. The Hall–Kier alpha value is -1.82. The van der Waals surface area contributed by atoms with Crippen LogP contribution in [-0.2, 0) is 0 Å². The first-order valence-electron chi connectivity index (χ1n) is 8.63. The summed E-state index contributed by atoms with van der Waals surface area (Å²) in [5.74, 6) is 0. The van der Waals surface area contributed by atoms with Crippen molar-refractivity contribution in [3.8, 4) is 0 Å². The highest BCUT2D eigenvalue weighted by Gasteiger charge is 2.08. The minimum atomic E-state index is 1.20. The van der Waals surface area contributed by atoms with Crippen molar-refractivity contribution in [2.45, 2.75) is 52.4 Å². The molecule has 0 radical (unpaired) electrons. The predicted molar refractivity (Wildman–Crippen MR) is 98.0 cm³/mol. The maximum absolute atomic E-state index is 2.30. The lowest BCUT2D eigenvalue weighted by Gasteiger charge is -2.14. The van der Waals surface area contributed by atoms with E-state index in [1.54, 1.807) is 0 Å². The molecule has 0 saturated carbocycles. The largest absolute Gasteiger partial charge is 0.0654 e. The molecule has 0 heterocycles. The lowest BCUT2D eigenvalue weighted by molar-refractivity contribution is 0.631. The van der Waals surface area contributed by atoms with Crippen LogP contribution in [0.3, 0.4) is 0 Å². The molecule has 22 heavy (non-hydrogen) atoms. The average Bonchev–Trinajstić information content (AvgIpc) is 2.57. The molecule has 0 saturated heterocycles. The summed E-state index contributed by atoms with van der Waals surface area (Å²) in [5, 5.41) is 0. The molecule has 0 spiro atoms. The van der Waals surface area contributed by atoms with Crippen LogP contribution in [0.5, 0.6) is 0 Å². The van der Waals surface area contributed by atoms with Crippen LogP contribution in [0.15, 0.2) is 66.2 Å². The zero-order chi connectivity index (χ0) is 15.6. The highest BCUT2D eigenvalue weighted by atomic mass is 14.1. The summed E-state index contributed by atoms with van der Waals surface area (Å²) < 4.78 is 0. The number of allylic oxidation sites excluding steroid dienone is 1. The molecule has 0 aromatic heterocycles. The molecule has 116 valence electrons. The van der Waals surface area contributed by atoms with E-state index >= 15 is 0 Å². The minimum absolute atomic E-state index is 1.20. The van der Waals surface area contributed by atoms with E-state index in [-0.39, 0.29) is 0 Å². The van der Waals surface area contributed by atoms with Crippen LogP contribution in [0.4, 0.5) is 0 Å². The van der Waals surface area contributed by atoms with Crippen molar-refractivity contribution in [2.75, 3.05) is 0 Å². The van der Waals surface area contributed by atoms with E-state index in [0.717, 1.165) is 0 Å². The van der Waals surface area contributed by atoms with E-state index < -0.39 is 0 Å². The molecule has 2 aromatic rings. The highest BCUT2D eigenvalue weighted by molar-refractivity contribution is 5.81. The van der Waals surface area contributed by atoms with Gasteiger partial charge in [-0.15, -0.1) is 0 Å². The van der Waals surface area contributed by atoms with Gasteiger partial charge >= 0.3 is 0 Å². The molecule has 0 heteroatoms. The van der Waals surface area contributed by atoms with Crippen molar-refractivity contribution < 1.29 is 0 Å². The van der Waals surface area contributed by atoms with E-state index in [9.17, 15) is 0 Å². The Balaban J connectivity index is 2.18. The maximum Gasteiger partial charge on any atom is -0.0122 e. The maximum atomic E-state index is 2.30. The zero-order valence-corrected chi connectivity index (χ0v) is 14.0. The summed E-state index contributed by atoms with van der Waals surface area (Å²) in [6.07, 6.45) is 7.90.